The normalized spacial score (nSPS) is 19.5. The van der Waals surface area contributed by atoms with Gasteiger partial charge in [0.1, 0.15) is 22.9 Å². The van der Waals surface area contributed by atoms with Gasteiger partial charge in [0.2, 0.25) is 5.91 Å². The van der Waals surface area contributed by atoms with E-state index in [1.165, 1.54) is 12.1 Å². The number of rotatable bonds is 3. The summed E-state index contributed by atoms with van der Waals surface area (Å²) in [5.41, 5.74) is 3.97. The molecule has 0 bridgehead atoms. The van der Waals surface area contributed by atoms with Crippen LogP contribution in [0.2, 0.25) is 0 Å². The summed E-state index contributed by atoms with van der Waals surface area (Å²) in [4.78, 5) is 49.7. The van der Waals surface area contributed by atoms with Gasteiger partial charge >= 0.3 is 6.09 Å². The monoisotopic (exact) mass is 584 g/mol. The van der Waals surface area contributed by atoms with Gasteiger partial charge in [0, 0.05) is 23.7 Å². The Labute approximate surface area is 246 Å². The van der Waals surface area contributed by atoms with Crippen molar-refractivity contribution in [2.45, 2.75) is 45.4 Å². The maximum atomic E-state index is 13.9. The zero-order valence-electron chi connectivity index (χ0n) is 23.8. The van der Waals surface area contributed by atoms with Crippen LogP contribution in [0.25, 0.3) is 16.9 Å². The van der Waals surface area contributed by atoms with Gasteiger partial charge in [-0.15, -0.1) is 0 Å². The highest BCUT2D eigenvalue weighted by molar-refractivity contribution is 6.11. The van der Waals surface area contributed by atoms with Crippen molar-refractivity contribution in [3.63, 3.8) is 0 Å². The van der Waals surface area contributed by atoms with Crippen molar-refractivity contribution >= 4 is 35.1 Å². The van der Waals surface area contributed by atoms with E-state index in [9.17, 15) is 18.8 Å². The lowest BCUT2D eigenvalue weighted by Crippen LogP contribution is -2.37. The van der Waals surface area contributed by atoms with Crippen LogP contribution in [0.4, 0.5) is 20.7 Å². The van der Waals surface area contributed by atoms with Gasteiger partial charge in [-0.25, -0.2) is 24.1 Å². The highest BCUT2D eigenvalue weighted by Gasteiger charge is 2.40. The van der Waals surface area contributed by atoms with Gasteiger partial charge in [0.05, 0.1) is 61.1 Å². The number of fused-ring (bicyclic) bond motifs is 5. The number of nitrogens with one attached hydrogen (secondary N) is 2. The first-order valence-electron chi connectivity index (χ1n) is 14.0. The summed E-state index contributed by atoms with van der Waals surface area (Å²) >= 11 is 0. The molecule has 2 atom stereocenters. The number of carbonyl (C=O) groups excluding carboxylic acids is 3. The molecule has 3 aliphatic heterocycles. The average molecular weight is 585 g/mol. The van der Waals surface area contributed by atoms with Crippen LogP contribution in [-0.4, -0.2) is 56.0 Å². The molecule has 43 heavy (non-hydrogen) atoms. The van der Waals surface area contributed by atoms with Crippen molar-refractivity contribution in [3.8, 4) is 11.3 Å². The number of amides is 3. The zero-order valence-corrected chi connectivity index (χ0v) is 23.8. The number of anilines is 2. The van der Waals surface area contributed by atoms with Crippen molar-refractivity contribution < 1.29 is 28.2 Å². The molecule has 220 valence electrons. The Morgan fingerprint density at radius 1 is 1.14 bits per heavy atom. The third-order valence-corrected chi connectivity index (χ3v) is 7.97. The number of hydrogen-bond donors (Lipinski definition) is 2. The predicted molar refractivity (Wildman–Crippen MR) is 153 cm³/mol. The fourth-order valence-corrected chi connectivity index (χ4v) is 6.00. The molecule has 3 aliphatic rings. The highest BCUT2D eigenvalue weighted by Crippen LogP contribution is 2.40. The summed E-state index contributed by atoms with van der Waals surface area (Å²) in [6.45, 7) is 6.32. The molecule has 1 aromatic carbocycles. The third kappa shape index (κ3) is 4.67. The summed E-state index contributed by atoms with van der Waals surface area (Å²) in [5, 5.41) is 6.21. The van der Waals surface area contributed by atoms with E-state index < -0.39 is 23.4 Å². The summed E-state index contributed by atoms with van der Waals surface area (Å²) in [7, 11) is 0. The van der Waals surface area contributed by atoms with Gasteiger partial charge in [0.25, 0.3) is 5.91 Å². The Balaban J connectivity index is 1.29. The predicted octanol–water partition coefficient (Wildman–Crippen LogP) is 4.53. The second-order valence-electron chi connectivity index (χ2n) is 11.9. The number of imidazole rings is 1. The molecular weight excluding hydrogens is 555 g/mol. The Hall–Kier alpha value is -4.84. The molecule has 0 saturated carbocycles. The minimum Gasteiger partial charge on any atom is -0.443 e. The summed E-state index contributed by atoms with van der Waals surface area (Å²) < 4.78 is 26.7. The summed E-state index contributed by atoms with van der Waals surface area (Å²) in [6.07, 6.45) is 2.44. The molecule has 4 aromatic rings. The van der Waals surface area contributed by atoms with Crippen molar-refractivity contribution in [2.24, 2.45) is 5.92 Å². The molecule has 11 nitrogen and oxygen atoms in total. The molecule has 6 heterocycles. The number of nitrogens with zero attached hydrogens (tertiary/aromatic N) is 4. The SMILES string of the molecule is CC(C)(C)OC(=O)N1Cc2c(-c3cnc4cc(F)ccn34)ccc(Nc3ccc4c(n3)CNC(=O)C3COCC43)c2C1=O. The lowest BCUT2D eigenvalue weighted by atomic mass is 9.88. The van der Waals surface area contributed by atoms with Crippen molar-refractivity contribution in [1.82, 2.24) is 24.6 Å². The molecule has 3 amide bonds. The van der Waals surface area contributed by atoms with Crippen LogP contribution in [0.5, 0.6) is 0 Å². The molecule has 2 N–H and O–H groups in total. The smallest absolute Gasteiger partial charge is 0.417 e. The van der Waals surface area contributed by atoms with E-state index in [-0.39, 0.29) is 30.8 Å². The zero-order chi connectivity index (χ0) is 30.0. The number of pyridine rings is 2. The van der Waals surface area contributed by atoms with Crippen LogP contribution in [0.1, 0.15) is 53.9 Å². The molecule has 2 unspecified atom stereocenters. The van der Waals surface area contributed by atoms with Gasteiger partial charge in [-0.3, -0.25) is 14.0 Å². The molecule has 12 heteroatoms. The van der Waals surface area contributed by atoms with Crippen molar-refractivity contribution in [1.29, 1.82) is 0 Å². The van der Waals surface area contributed by atoms with Gasteiger partial charge < -0.3 is 20.1 Å². The van der Waals surface area contributed by atoms with Crippen LogP contribution < -0.4 is 10.6 Å². The first-order chi connectivity index (χ1) is 20.6. The molecule has 1 fully saturated rings. The molecule has 0 spiro atoms. The van der Waals surface area contributed by atoms with Gasteiger partial charge in [-0.2, -0.15) is 0 Å². The van der Waals surface area contributed by atoms with Crippen molar-refractivity contribution in [3.05, 3.63) is 77.0 Å². The van der Waals surface area contributed by atoms with E-state index in [0.29, 0.717) is 52.8 Å². The number of aromatic nitrogens is 3. The fourth-order valence-electron chi connectivity index (χ4n) is 6.00. The number of carbonyl (C=O) groups is 3. The van der Waals surface area contributed by atoms with Crippen molar-refractivity contribution in [2.75, 3.05) is 18.5 Å². The van der Waals surface area contributed by atoms with Gasteiger partial charge in [-0.05, 0) is 50.1 Å². The van der Waals surface area contributed by atoms with Crippen LogP contribution in [0, 0.1) is 11.7 Å². The summed E-state index contributed by atoms with van der Waals surface area (Å²) in [6, 6.07) is 10.0. The number of imide groups is 1. The first-order valence-corrected chi connectivity index (χ1v) is 14.0. The van der Waals surface area contributed by atoms with Crippen LogP contribution in [-0.2, 0) is 27.4 Å². The van der Waals surface area contributed by atoms with E-state index in [0.717, 1.165) is 16.2 Å². The van der Waals surface area contributed by atoms with Crippen LogP contribution in [0.3, 0.4) is 0 Å². The quantitative estimate of drug-likeness (QED) is 0.360. The third-order valence-electron chi connectivity index (χ3n) is 7.97. The maximum absolute atomic E-state index is 13.9. The number of hydrogen-bond acceptors (Lipinski definition) is 8. The van der Waals surface area contributed by atoms with Gasteiger partial charge in [0.15, 0.2) is 0 Å². The Bertz CT molecular complexity index is 1830. The molecular formula is C31H29FN6O5. The second kappa shape index (κ2) is 9.87. The minimum atomic E-state index is -0.799. The van der Waals surface area contributed by atoms with E-state index in [2.05, 4.69) is 15.6 Å². The number of ether oxygens (including phenoxy) is 2. The Morgan fingerprint density at radius 3 is 2.77 bits per heavy atom. The minimum absolute atomic E-state index is 0.0188. The highest BCUT2D eigenvalue weighted by atomic mass is 19.1. The lowest BCUT2D eigenvalue weighted by molar-refractivity contribution is -0.125. The molecule has 1 saturated heterocycles. The van der Waals surface area contributed by atoms with Gasteiger partial charge in [-0.1, -0.05) is 12.1 Å². The first kappa shape index (κ1) is 27.0. The number of benzene rings is 1. The van der Waals surface area contributed by atoms with E-state index in [1.54, 1.807) is 43.6 Å². The Morgan fingerprint density at radius 2 is 1.95 bits per heavy atom. The van der Waals surface area contributed by atoms with Crippen LogP contribution >= 0.6 is 0 Å². The lowest BCUT2D eigenvalue weighted by Gasteiger charge is -2.23. The molecule has 0 radical (unpaired) electrons. The molecule has 7 rings (SSSR count). The van der Waals surface area contributed by atoms with Crippen LogP contribution in [0.15, 0.2) is 48.8 Å². The van der Waals surface area contributed by atoms with E-state index in [4.69, 9.17) is 14.5 Å². The second-order valence-corrected chi connectivity index (χ2v) is 11.9. The van der Waals surface area contributed by atoms with E-state index >= 15 is 0 Å². The number of halogens is 1. The average Bonchev–Trinajstić information content (AvgIpc) is 3.67. The maximum Gasteiger partial charge on any atom is 0.417 e. The topological polar surface area (TPSA) is 127 Å². The fraction of sp³-hybridized carbons (Fsp3) is 0.323. The molecule has 3 aromatic heterocycles. The largest absolute Gasteiger partial charge is 0.443 e. The Kier molecular flexibility index (Phi) is 6.20. The summed E-state index contributed by atoms with van der Waals surface area (Å²) in [5.74, 6) is -0.804. The standard InChI is InChI=1S/C31H29FN6O5/c1-31(2,3)43-30(41)38-13-19-18(24-12-33-26-10-16(32)8-9-37(24)26)4-6-22(27(19)29(38)40)35-25-7-5-17-20-14-42-15-21(20)28(39)34-11-23(17)36-25/h4-10,12,20-21H,11,13-15H2,1-3H3,(H,34,39)(H,35,36). The van der Waals surface area contributed by atoms with E-state index in [1.807, 2.05) is 18.2 Å². The molecule has 0 aliphatic carbocycles.